The monoisotopic (exact) mass is 141 g/mol. The third-order valence-electron chi connectivity index (χ3n) is 2.71. The van der Waals surface area contributed by atoms with Crippen molar-refractivity contribution in [1.82, 2.24) is 5.32 Å². The van der Waals surface area contributed by atoms with Gasteiger partial charge in [-0.15, -0.1) is 0 Å². The van der Waals surface area contributed by atoms with E-state index in [1.165, 1.54) is 19.3 Å². The first-order chi connectivity index (χ1) is 4.75. The van der Waals surface area contributed by atoms with Gasteiger partial charge >= 0.3 is 0 Å². The standard InChI is InChI=1S/C9H19N/c1-7(2)9(10-3)8-5-4-6-8/h7-10H,4-6H2,1-3H3. The van der Waals surface area contributed by atoms with Gasteiger partial charge in [0.25, 0.3) is 0 Å². The first kappa shape index (κ1) is 8.06. The van der Waals surface area contributed by atoms with Crippen molar-refractivity contribution >= 4 is 0 Å². The van der Waals surface area contributed by atoms with Gasteiger partial charge in [-0.2, -0.15) is 0 Å². The van der Waals surface area contributed by atoms with Crippen LogP contribution in [0.1, 0.15) is 33.1 Å². The van der Waals surface area contributed by atoms with Crippen LogP contribution < -0.4 is 5.32 Å². The molecule has 0 saturated heterocycles. The van der Waals surface area contributed by atoms with Crippen molar-refractivity contribution < 1.29 is 0 Å². The minimum Gasteiger partial charge on any atom is -0.316 e. The fraction of sp³-hybridized carbons (Fsp3) is 1.00. The maximum absolute atomic E-state index is 3.40. The zero-order valence-electron chi connectivity index (χ0n) is 7.35. The molecule has 0 aromatic heterocycles. The summed E-state index contributed by atoms with van der Waals surface area (Å²) in [5.41, 5.74) is 0. The fourth-order valence-electron chi connectivity index (χ4n) is 1.91. The molecule has 0 bridgehead atoms. The molecule has 60 valence electrons. The molecular weight excluding hydrogens is 122 g/mol. The quantitative estimate of drug-likeness (QED) is 0.634. The van der Waals surface area contributed by atoms with Crippen molar-refractivity contribution in [3.05, 3.63) is 0 Å². The van der Waals surface area contributed by atoms with E-state index in [1.807, 2.05) is 0 Å². The Morgan fingerprint density at radius 2 is 1.90 bits per heavy atom. The Morgan fingerprint density at radius 3 is 2.00 bits per heavy atom. The molecule has 0 aromatic carbocycles. The van der Waals surface area contributed by atoms with Gasteiger partial charge in [0.2, 0.25) is 0 Å². The summed E-state index contributed by atoms with van der Waals surface area (Å²) in [5.74, 6) is 1.78. The second-order valence-corrected chi connectivity index (χ2v) is 3.75. The van der Waals surface area contributed by atoms with Gasteiger partial charge in [0.05, 0.1) is 0 Å². The molecule has 0 aliphatic heterocycles. The van der Waals surface area contributed by atoms with E-state index in [0.717, 1.165) is 17.9 Å². The summed E-state index contributed by atoms with van der Waals surface area (Å²) < 4.78 is 0. The summed E-state index contributed by atoms with van der Waals surface area (Å²) in [6.07, 6.45) is 4.35. The van der Waals surface area contributed by atoms with E-state index in [0.29, 0.717) is 0 Å². The van der Waals surface area contributed by atoms with Crippen LogP contribution in [0.4, 0.5) is 0 Å². The van der Waals surface area contributed by atoms with Crippen molar-refractivity contribution in [1.29, 1.82) is 0 Å². The third kappa shape index (κ3) is 1.51. The molecule has 1 N–H and O–H groups in total. The van der Waals surface area contributed by atoms with Crippen molar-refractivity contribution in [3.8, 4) is 0 Å². The summed E-state index contributed by atoms with van der Waals surface area (Å²) in [6.45, 7) is 4.61. The van der Waals surface area contributed by atoms with Gasteiger partial charge in [-0.05, 0) is 31.7 Å². The van der Waals surface area contributed by atoms with Gasteiger partial charge in [0.1, 0.15) is 0 Å². The molecule has 1 aliphatic carbocycles. The van der Waals surface area contributed by atoms with E-state index in [4.69, 9.17) is 0 Å². The Bertz CT molecular complexity index is 94.9. The topological polar surface area (TPSA) is 12.0 Å². The molecule has 0 spiro atoms. The van der Waals surface area contributed by atoms with Crippen LogP contribution in [0, 0.1) is 11.8 Å². The Kier molecular flexibility index (Phi) is 2.72. The van der Waals surface area contributed by atoms with Gasteiger partial charge in [0, 0.05) is 6.04 Å². The number of rotatable bonds is 3. The van der Waals surface area contributed by atoms with Crippen LogP contribution in [0.5, 0.6) is 0 Å². The molecule has 1 heteroatoms. The molecule has 0 aromatic rings. The molecule has 0 radical (unpaired) electrons. The highest BCUT2D eigenvalue weighted by atomic mass is 14.9. The van der Waals surface area contributed by atoms with Crippen molar-refractivity contribution in [2.45, 2.75) is 39.2 Å². The van der Waals surface area contributed by atoms with E-state index in [1.54, 1.807) is 0 Å². The molecule has 1 nitrogen and oxygen atoms in total. The first-order valence-corrected chi connectivity index (χ1v) is 4.43. The maximum atomic E-state index is 3.40. The van der Waals surface area contributed by atoms with E-state index in [9.17, 15) is 0 Å². The van der Waals surface area contributed by atoms with Gasteiger partial charge < -0.3 is 5.32 Å². The van der Waals surface area contributed by atoms with Crippen LogP contribution in [0.3, 0.4) is 0 Å². The van der Waals surface area contributed by atoms with Crippen LogP contribution in [0.2, 0.25) is 0 Å². The molecule has 1 aliphatic rings. The molecule has 1 unspecified atom stereocenters. The summed E-state index contributed by atoms with van der Waals surface area (Å²) in [7, 11) is 2.09. The highest BCUT2D eigenvalue weighted by molar-refractivity contribution is 4.83. The minimum absolute atomic E-state index is 0.772. The highest BCUT2D eigenvalue weighted by Gasteiger charge is 2.27. The second kappa shape index (κ2) is 3.38. The van der Waals surface area contributed by atoms with Crippen molar-refractivity contribution in [2.75, 3.05) is 7.05 Å². The van der Waals surface area contributed by atoms with Crippen LogP contribution in [-0.2, 0) is 0 Å². The Hall–Kier alpha value is -0.0400. The summed E-state index contributed by atoms with van der Waals surface area (Å²) in [4.78, 5) is 0. The van der Waals surface area contributed by atoms with Gasteiger partial charge in [-0.25, -0.2) is 0 Å². The van der Waals surface area contributed by atoms with Gasteiger partial charge in [0.15, 0.2) is 0 Å². The summed E-state index contributed by atoms with van der Waals surface area (Å²) in [5, 5.41) is 3.40. The normalized spacial score (nSPS) is 22.8. The van der Waals surface area contributed by atoms with E-state index in [-0.39, 0.29) is 0 Å². The molecule has 1 rings (SSSR count). The summed E-state index contributed by atoms with van der Waals surface area (Å²) >= 11 is 0. The zero-order chi connectivity index (χ0) is 7.56. The van der Waals surface area contributed by atoms with Crippen molar-refractivity contribution in [2.24, 2.45) is 11.8 Å². The SMILES string of the molecule is CNC(C(C)C)C1CCC1. The number of hydrogen-bond acceptors (Lipinski definition) is 1. The number of hydrogen-bond donors (Lipinski definition) is 1. The average Bonchev–Trinajstić information content (AvgIpc) is 1.76. The van der Waals surface area contributed by atoms with Gasteiger partial charge in [-0.1, -0.05) is 20.3 Å². The Balaban J connectivity index is 2.31. The maximum Gasteiger partial charge on any atom is 0.0115 e. The summed E-state index contributed by atoms with van der Waals surface area (Å²) in [6, 6.07) is 0.772. The van der Waals surface area contributed by atoms with Crippen LogP contribution in [0.15, 0.2) is 0 Å². The average molecular weight is 141 g/mol. The van der Waals surface area contributed by atoms with Crippen molar-refractivity contribution in [3.63, 3.8) is 0 Å². The Morgan fingerprint density at radius 1 is 1.30 bits per heavy atom. The fourth-order valence-corrected chi connectivity index (χ4v) is 1.91. The van der Waals surface area contributed by atoms with Crippen LogP contribution in [0.25, 0.3) is 0 Å². The lowest BCUT2D eigenvalue weighted by atomic mass is 9.76. The molecule has 1 fully saturated rings. The van der Waals surface area contributed by atoms with E-state index < -0.39 is 0 Å². The minimum atomic E-state index is 0.772. The first-order valence-electron chi connectivity index (χ1n) is 4.43. The van der Waals surface area contributed by atoms with Crippen LogP contribution >= 0.6 is 0 Å². The molecule has 1 atom stereocenters. The molecule has 0 heterocycles. The molecular formula is C9H19N. The smallest absolute Gasteiger partial charge is 0.0115 e. The lowest BCUT2D eigenvalue weighted by Gasteiger charge is -2.36. The highest BCUT2D eigenvalue weighted by Crippen LogP contribution is 2.32. The number of nitrogens with one attached hydrogen (secondary N) is 1. The van der Waals surface area contributed by atoms with Gasteiger partial charge in [-0.3, -0.25) is 0 Å². The lowest BCUT2D eigenvalue weighted by Crippen LogP contribution is -2.41. The Labute approximate surface area is 64.2 Å². The molecule has 10 heavy (non-hydrogen) atoms. The van der Waals surface area contributed by atoms with E-state index >= 15 is 0 Å². The molecule has 0 amide bonds. The second-order valence-electron chi connectivity index (χ2n) is 3.75. The zero-order valence-corrected chi connectivity index (χ0v) is 7.35. The predicted molar refractivity (Wildman–Crippen MR) is 45.0 cm³/mol. The predicted octanol–water partition coefficient (Wildman–Crippen LogP) is 2.03. The lowest BCUT2D eigenvalue weighted by molar-refractivity contribution is 0.196. The van der Waals surface area contributed by atoms with Crippen LogP contribution in [-0.4, -0.2) is 13.1 Å². The third-order valence-corrected chi connectivity index (χ3v) is 2.71. The largest absolute Gasteiger partial charge is 0.316 e. The molecule has 1 saturated carbocycles. The van der Waals surface area contributed by atoms with E-state index in [2.05, 4.69) is 26.2 Å².